The minimum atomic E-state index is -0.529. The summed E-state index contributed by atoms with van der Waals surface area (Å²) < 4.78 is 12.4. The third-order valence-electron chi connectivity index (χ3n) is 13.2. The molecule has 0 aliphatic rings. The zero-order valence-corrected chi connectivity index (χ0v) is 44.0. The van der Waals surface area contributed by atoms with E-state index in [2.05, 4.69) is 53.4 Å². The lowest BCUT2D eigenvalue weighted by Crippen LogP contribution is -2.41. The molecule has 62 heavy (non-hydrogen) atoms. The molecule has 0 radical (unpaired) electrons. The van der Waals surface area contributed by atoms with E-state index in [0.717, 1.165) is 26.2 Å². The molecule has 0 aromatic carbocycles. The van der Waals surface area contributed by atoms with Crippen LogP contribution < -0.4 is 0 Å². The number of hydrogen-bond donors (Lipinski definition) is 2. The highest BCUT2D eigenvalue weighted by Crippen LogP contribution is 2.21. The van der Waals surface area contributed by atoms with Crippen molar-refractivity contribution in [3.63, 3.8) is 0 Å². The molecular weight excluding hydrogens is 763 g/mol. The molecule has 0 aromatic rings. The first kappa shape index (κ1) is 63.9. The van der Waals surface area contributed by atoms with E-state index in [1.165, 1.54) is 244 Å². The fraction of sp³-hybridized carbons (Fsp3) is 1.00. The molecule has 5 heteroatoms. The molecule has 0 aromatic heterocycles. The van der Waals surface area contributed by atoms with Crippen molar-refractivity contribution in [2.24, 2.45) is 11.8 Å². The topological polar surface area (TPSA) is 62.2 Å². The Labute approximate surface area is 392 Å². The average Bonchev–Trinajstić information content (AvgIpc) is 3.26. The molecular formula is C57H119NO4. The van der Waals surface area contributed by atoms with Gasteiger partial charge in [0.2, 0.25) is 0 Å². The summed E-state index contributed by atoms with van der Waals surface area (Å²) in [4.78, 5) is 2.27. The summed E-state index contributed by atoms with van der Waals surface area (Å²) in [5.41, 5.74) is 0. The lowest BCUT2D eigenvalue weighted by Gasteiger charge is -2.28. The third-order valence-corrected chi connectivity index (χ3v) is 13.2. The predicted molar refractivity (Wildman–Crippen MR) is 277 cm³/mol. The number of ether oxygens (including phenoxy) is 2. The van der Waals surface area contributed by atoms with Gasteiger partial charge in [0.15, 0.2) is 0 Å². The van der Waals surface area contributed by atoms with Gasteiger partial charge in [-0.15, -0.1) is 0 Å². The zero-order valence-electron chi connectivity index (χ0n) is 44.0. The highest BCUT2D eigenvalue weighted by atomic mass is 16.5. The van der Waals surface area contributed by atoms with Gasteiger partial charge in [-0.3, -0.25) is 4.90 Å². The fourth-order valence-corrected chi connectivity index (χ4v) is 8.97. The predicted octanol–water partition coefficient (Wildman–Crippen LogP) is 17.6. The normalized spacial score (nSPS) is 13.6. The molecule has 0 aliphatic carbocycles. The molecule has 0 saturated heterocycles. The van der Waals surface area contributed by atoms with Crippen LogP contribution in [0.5, 0.6) is 0 Å². The Kier molecular flexibility index (Phi) is 56.8. The summed E-state index contributed by atoms with van der Waals surface area (Å²) >= 11 is 0. The van der Waals surface area contributed by atoms with Crippen molar-refractivity contribution in [1.29, 1.82) is 0 Å². The Morgan fingerprint density at radius 1 is 0.290 bits per heavy atom. The third kappa shape index (κ3) is 50.8. The summed E-state index contributed by atoms with van der Waals surface area (Å²) in [6, 6.07) is 0. The van der Waals surface area contributed by atoms with Crippen LogP contribution in [0.2, 0.25) is 0 Å². The Morgan fingerprint density at radius 2 is 0.516 bits per heavy atom. The van der Waals surface area contributed by atoms with Gasteiger partial charge < -0.3 is 19.7 Å². The molecule has 2 N–H and O–H groups in total. The maximum Gasteiger partial charge on any atom is 0.0900 e. The van der Waals surface area contributed by atoms with Gasteiger partial charge in [0.05, 0.1) is 25.4 Å². The molecule has 4 unspecified atom stereocenters. The van der Waals surface area contributed by atoms with Crippen LogP contribution in [0, 0.1) is 11.8 Å². The summed E-state index contributed by atoms with van der Waals surface area (Å²) in [7, 11) is 0. The summed E-state index contributed by atoms with van der Waals surface area (Å²) in [5.74, 6) is 1.21. The Hall–Kier alpha value is -0.200. The number of hydrogen-bond acceptors (Lipinski definition) is 5. The first-order valence-electron chi connectivity index (χ1n) is 28.7. The molecule has 0 bridgehead atoms. The monoisotopic (exact) mass is 882 g/mol. The lowest BCUT2D eigenvalue weighted by atomic mass is 9.95. The van der Waals surface area contributed by atoms with Crippen LogP contribution in [0.25, 0.3) is 0 Å². The molecule has 4 atom stereocenters. The smallest absolute Gasteiger partial charge is 0.0900 e. The maximum absolute atomic E-state index is 11.1. The molecule has 0 amide bonds. The highest BCUT2D eigenvalue weighted by molar-refractivity contribution is 4.71. The maximum atomic E-state index is 11.1. The number of aliphatic hydroxyl groups excluding tert-OH is 2. The van der Waals surface area contributed by atoms with E-state index in [9.17, 15) is 10.2 Å². The van der Waals surface area contributed by atoms with E-state index in [1.807, 2.05) is 0 Å². The summed E-state index contributed by atoms with van der Waals surface area (Å²) in [5, 5.41) is 22.1. The zero-order chi connectivity index (χ0) is 45.8. The van der Waals surface area contributed by atoms with Gasteiger partial charge in [-0.1, -0.05) is 267 Å². The highest BCUT2D eigenvalue weighted by Gasteiger charge is 2.18. The van der Waals surface area contributed by atoms with E-state index in [-0.39, 0.29) is 0 Å². The van der Waals surface area contributed by atoms with Crippen molar-refractivity contribution in [3.05, 3.63) is 0 Å². The van der Waals surface area contributed by atoms with Crippen LogP contribution in [0.3, 0.4) is 0 Å². The molecule has 0 rings (SSSR count). The van der Waals surface area contributed by atoms with Crippen molar-refractivity contribution in [2.45, 2.75) is 311 Å². The van der Waals surface area contributed by atoms with Crippen molar-refractivity contribution in [2.75, 3.05) is 46.1 Å². The van der Waals surface area contributed by atoms with Gasteiger partial charge in [0, 0.05) is 26.3 Å². The second-order valence-corrected chi connectivity index (χ2v) is 19.9. The van der Waals surface area contributed by atoms with Crippen LogP contribution in [-0.4, -0.2) is 73.4 Å². The molecule has 0 heterocycles. The van der Waals surface area contributed by atoms with Crippen LogP contribution in [0.1, 0.15) is 299 Å². The Balaban J connectivity index is 0. The molecule has 5 nitrogen and oxygen atoms in total. The summed E-state index contributed by atoms with van der Waals surface area (Å²) in [6.07, 6.45) is 51.0. The standard InChI is InChI=1S/C45H93NO4.C12H26/c1-6-11-16-21-23-28-33-42(31-26-19-14-9-4)38-49-40-44(47)36-46(35-30-25-18-13-8-3)37-45(48)41-50-39-43(32-27-20-15-10-5)34-29-24-22-17-12-7-2;1-3-5-7-9-11-12-10-8-6-4-2/h42-45,47-48H,6-41H2,1-5H3;3-12H2,1-2H3. The van der Waals surface area contributed by atoms with E-state index < -0.39 is 12.2 Å². The van der Waals surface area contributed by atoms with Gasteiger partial charge in [0.1, 0.15) is 0 Å². The van der Waals surface area contributed by atoms with Crippen molar-refractivity contribution in [3.8, 4) is 0 Å². The first-order valence-corrected chi connectivity index (χ1v) is 28.7. The molecule has 376 valence electrons. The minimum absolute atomic E-state index is 0.388. The number of unbranched alkanes of at least 4 members (excludes halogenated alkanes) is 29. The summed E-state index contributed by atoms with van der Waals surface area (Å²) in [6.45, 7) is 20.3. The van der Waals surface area contributed by atoms with E-state index in [4.69, 9.17) is 9.47 Å². The second kappa shape index (κ2) is 55.1. The minimum Gasteiger partial charge on any atom is -0.389 e. The van der Waals surface area contributed by atoms with Crippen molar-refractivity contribution < 1.29 is 19.7 Å². The molecule has 0 fully saturated rings. The van der Waals surface area contributed by atoms with Gasteiger partial charge in [-0.2, -0.15) is 0 Å². The lowest BCUT2D eigenvalue weighted by molar-refractivity contribution is -0.0213. The fourth-order valence-electron chi connectivity index (χ4n) is 8.97. The second-order valence-electron chi connectivity index (χ2n) is 19.9. The first-order chi connectivity index (χ1) is 30.4. The van der Waals surface area contributed by atoms with Gasteiger partial charge in [-0.25, -0.2) is 0 Å². The van der Waals surface area contributed by atoms with Crippen molar-refractivity contribution >= 4 is 0 Å². The quantitative estimate of drug-likeness (QED) is 0.0596. The Morgan fingerprint density at radius 3 is 0.790 bits per heavy atom. The van der Waals surface area contributed by atoms with Gasteiger partial charge >= 0.3 is 0 Å². The van der Waals surface area contributed by atoms with Crippen LogP contribution >= 0.6 is 0 Å². The SMILES string of the molecule is CCCCCCCCC(CCCCCC)COCC(O)CN(CCCCCCC)CC(O)COCC(CCCCCC)CCCCCCCC.CCCCCCCCCCCC. The molecule has 0 aliphatic heterocycles. The molecule has 0 spiro atoms. The average molecular weight is 883 g/mol. The van der Waals surface area contributed by atoms with Gasteiger partial charge in [-0.05, 0) is 50.5 Å². The van der Waals surface area contributed by atoms with Crippen molar-refractivity contribution in [1.82, 2.24) is 4.90 Å². The van der Waals surface area contributed by atoms with E-state index in [1.54, 1.807) is 0 Å². The number of rotatable bonds is 51. The van der Waals surface area contributed by atoms with Crippen LogP contribution in [0.15, 0.2) is 0 Å². The molecule has 0 saturated carbocycles. The Bertz CT molecular complexity index is 726. The van der Waals surface area contributed by atoms with Crippen LogP contribution in [-0.2, 0) is 9.47 Å². The number of aliphatic hydroxyl groups is 2. The van der Waals surface area contributed by atoms with E-state index >= 15 is 0 Å². The van der Waals surface area contributed by atoms with Crippen LogP contribution in [0.4, 0.5) is 0 Å². The number of nitrogens with zero attached hydrogens (tertiary/aromatic N) is 1. The largest absolute Gasteiger partial charge is 0.389 e. The van der Waals surface area contributed by atoms with Gasteiger partial charge in [0.25, 0.3) is 0 Å². The van der Waals surface area contributed by atoms with E-state index in [0.29, 0.717) is 38.1 Å².